The Morgan fingerprint density at radius 3 is 2.75 bits per heavy atom. The second kappa shape index (κ2) is 6.60. The van der Waals surface area contributed by atoms with Crippen LogP contribution >= 0.6 is 11.8 Å². The van der Waals surface area contributed by atoms with Gasteiger partial charge in [0.2, 0.25) is 5.16 Å². The van der Waals surface area contributed by atoms with Crippen molar-refractivity contribution < 1.29 is 9.53 Å². The lowest BCUT2D eigenvalue weighted by molar-refractivity contribution is 0.101. The fourth-order valence-electron chi connectivity index (χ4n) is 2.46. The van der Waals surface area contributed by atoms with Crippen LogP contribution in [0.4, 0.5) is 0 Å². The van der Waals surface area contributed by atoms with Gasteiger partial charge in [-0.3, -0.25) is 4.79 Å². The van der Waals surface area contributed by atoms with Crippen molar-refractivity contribution in [3.05, 3.63) is 46.8 Å². The van der Waals surface area contributed by atoms with E-state index in [1.54, 1.807) is 24.6 Å². The molecule has 0 saturated carbocycles. The number of aryl methyl sites for hydroxylation is 2. The van der Waals surface area contributed by atoms with Gasteiger partial charge in [0.15, 0.2) is 5.78 Å². The predicted molar refractivity (Wildman–Crippen MR) is 92.8 cm³/mol. The maximum Gasteiger partial charge on any atom is 0.253 e. The number of benzene rings is 1. The first-order valence-electron chi connectivity index (χ1n) is 7.49. The number of carbonyl (C=O) groups is 1. The molecule has 0 aliphatic rings. The quantitative estimate of drug-likeness (QED) is 0.524. The molecule has 24 heavy (non-hydrogen) atoms. The standard InChI is InChI=1S/C17H18N4O2S/c1-10-7-11(2)21-16(18-10)19-17(20-21)24-9-14-8-13(12(3)22)5-6-15(14)23-4/h5-8H,9H2,1-4H3. The molecule has 0 bridgehead atoms. The molecule has 6 nitrogen and oxygen atoms in total. The number of Topliss-reactive ketones (excluding diaryl/α,β-unsaturated/α-hetero) is 1. The summed E-state index contributed by atoms with van der Waals surface area (Å²) in [7, 11) is 1.62. The van der Waals surface area contributed by atoms with Crippen molar-refractivity contribution in [3.63, 3.8) is 0 Å². The highest BCUT2D eigenvalue weighted by Crippen LogP contribution is 2.27. The molecule has 3 aromatic rings. The number of hydrogen-bond donors (Lipinski definition) is 0. The van der Waals surface area contributed by atoms with Gasteiger partial charge in [0.1, 0.15) is 5.75 Å². The van der Waals surface area contributed by atoms with Gasteiger partial charge in [-0.1, -0.05) is 11.8 Å². The zero-order valence-electron chi connectivity index (χ0n) is 14.0. The monoisotopic (exact) mass is 342 g/mol. The third-order valence-electron chi connectivity index (χ3n) is 3.64. The fourth-order valence-corrected chi connectivity index (χ4v) is 3.26. The number of carbonyl (C=O) groups excluding carboxylic acids is 1. The van der Waals surface area contributed by atoms with E-state index in [-0.39, 0.29) is 5.78 Å². The van der Waals surface area contributed by atoms with Crippen LogP contribution in [0.1, 0.15) is 34.2 Å². The Labute approximate surface area is 144 Å². The molecule has 2 heterocycles. The number of fused-ring (bicyclic) bond motifs is 1. The molecule has 124 valence electrons. The summed E-state index contributed by atoms with van der Waals surface area (Å²) in [5, 5.41) is 5.12. The summed E-state index contributed by atoms with van der Waals surface area (Å²) in [5.74, 6) is 1.99. The molecule has 2 aromatic heterocycles. The highest BCUT2D eigenvalue weighted by atomic mass is 32.2. The lowest BCUT2D eigenvalue weighted by Crippen LogP contribution is -1.97. The maximum absolute atomic E-state index is 11.6. The molecule has 0 fully saturated rings. The van der Waals surface area contributed by atoms with Gasteiger partial charge in [-0.05, 0) is 45.0 Å². The van der Waals surface area contributed by atoms with Gasteiger partial charge in [-0.15, -0.1) is 5.10 Å². The zero-order valence-corrected chi connectivity index (χ0v) is 14.8. The molecule has 7 heteroatoms. The Morgan fingerprint density at radius 2 is 2.04 bits per heavy atom. The molecule has 0 radical (unpaired) electrons. The number of rotatable bonds is 5. The van der Waals surface area contributed by atoms with Crippen molar-refractivity contribution in [3.8, 4) is 5.75 Å². The van der Waals surface area contributed by atoms with Crippen LogP contribution in [-0.4, -0.2) is 32.5 Å². The molecular weight excluding hydrogens is 324 g/mol. The Morgan fingerprint density at radius 1 is 1.25 bits per heavy atom. The Kier molecular flexibility index (Phi) is 4.53. The van der Waals surface area contributed by atoms with E-state index >= 15 is 0 Å². The molecule has 0 spiro atoms. The number of aromatic nitrogens is 4. The molecule has 0 aliphatic carbocycles. The highest BCUT2D eigenvalue weighted by molar-refractivity contribution is 7.98. The van der Waals surface area contributed by atoms with Crippen LogP contribution < -0.4 is 4.74 Å². The molecule has 0 atom stereocenters. The van der Waals surface area contributed by atoms with Crippen LogP contribution in [0.2, 0.25) is 0 Å². The predicted octanol–water partition coefficient (Wildman–Crippen LogP) is 3.24. The summed E-state index contributed by atoms with van der Waals surface area (Å²) in [5.41, 5.74) is 3.52. The minimum absolute atomic E-state index is 0.0325. The fraction of sp³-hybridized carbons (Fsp3) is 0.294. The van der Waals surface area contributed by atoms with Crippen LogP contribution in [0, 0.1) is 13.8 Å². The van der Waals surface area contributed by atoms with Gasteiger partial charge in [0, 0.05) is 28.3 Å². The SMILES string of the molecule is COc1ccc(C(C)=O)cc1CSc1nc2nc(C)cc(C)n2n1. The van der Waals surface area contributed by atoms with E-state index in [1.807, 2.05) is 32.0 Å². The molecule has 0 unspecified atom stereocenters. The van der Waals surface area contributed by atoms with Crippen LogP contribution in [0.3, 0.4) is 0 Å². The number of ketones is 1. The van der Waals surface area contributed by atoms with Crippen LogP contribution in [0.25, 0.3) is 5.78 Å². The van der Waals surface area contributed by atoms with Crippen molar-refractivity contribution in [2.24, 2.45) is 0 Å². The van der Waals surface area contributed by atoms with E-state index in [0.717, 1.165) is 22.7 Å². The third kappa shape index (κ3) is 3.26. The van der Waals surface area contributed by atoms with E-state index in [4.69, 9.17) is 4.74 Å². The van der Waals surface area contributed by atoms with Gasteiger partial charge in [0.05, 0.1) is 7.11 Å². The van der Waals surface area contributed by atoms with Gasteiger partial charge >= 0.3 is 0 Å². The average Bonchev–Trinajstić information content (AvgIpc) is 2.95. The lowest BCUT2D eigenvalue weighted by Gasteiger charge is -2.08. The average molecular weight is 342 g/mol. The molecule has 1 aromatic carbocycles. The highest BCUT2D eigenvalue weighted by Gasteiger charge is 2.12. The Bertz CT molecular complexity index is 920. The van der Waals surface area contributed by atoms with Crippen molar-refractivity contribution in [2.75, 3.05) is 7.11 Å². The second-order valence-electron chi connectivity index (χ2n) is 5.52. The smallest absolute Gasteiger partial charge is 0.253 e. The Hall–Kier alpha value is -2.41. The van der Waals surface area contributed by atoms with Crippen LogP contribution in [-0.2, 0) is 5.75 Å². The molecule has 3 rings (SSSR count). The minimum atomic E-state index is 0.0325. The summed E-state index contributed by atoms with van der Waals surface area (Å²) in [6, 6.07) is 7.42. The molecule has 0 aliphatic heterocycles. The Balaban J connectivity index is 1.86. The molecule has 0 N–H and O–H groups in total. The number of ether oxygens (including phenoxy) is 1. The van der Waals surface area contributed by atoms with Gasteiger partial charge < -0.3 is 4.74 Å². The number of thioether (sulfide) groups is 1. The second-order valence-corrected chi connectivity index (χ2v) is 6.46. The van der Waals surface area contributed by atoms with Crippen molar-refractivity contribution in [2.45, 2.75) is 31.7 Å². The largest absolute Gasteiger partial charge is 0.496 e. The van der Waals surface area contributed by atoms with E-state index < -0.39 is 0 Å². The van der Waals surface area contributed by atoms with E-state index in [1.165, 1.54) is 11.8 Å². The summed E-state index contributed by atoms with van der Waals surface area (Å²) in [6.45, 7) is 5.47. The van der Waals surface area contributed by atoms with Gasteiger partial charge in [0.25, 0.3) is 5.78 Å². The normalized spacial score (nSPS) is 11.0. The van der Waals surface area contributed by atoms with Crippen molar-refractivity contribution >= 4 is 23.3 Å². The van der Waals surface area contributed by atoms with Crippen LogP contribution in [0.5, 0.6) is 5.75 Å². The van der Waals surface area contributed by atoms with Crippen molar-refractivity contribution in [1.82, 2.24) is 19.6 Å². The zero-order chi connectivity index (χ0) is 17.3. The first-order chi connectivity index (χ1) is 11.5. The molecule has 0 amide bonds. The summed E-state index contributed by atoms with van der Waals surface area (Å²) < 4.78 is 7.11. The van der Waals surface area contributed by atoms with Gasteiger partial charge in [-0.2, -0.15) is 4.98 Å². The van der Waals surface area contributed by atoms with E-state index in [9.17, 15) is 4.79 Å². The number of nitrogens with zero attached hydrogens (tertiary/aromatic N) is 4. The summed E-state index contributed by atoms with van der Waals surface area (Å²) in [6.07, 6.45) is 0. The minimum Gasteiger partial charge on any atom is -0.496 e. The van der Waals surface area contributed by atoms with Crippen molar-refractivity contribution in [1.29, 1.82) is 0 Å². The van der Waals surface area contributed by atoms with Gasteiger partial charge in [-0.25, -0.2) is 9.50 Å². The number of methoxy groups -OCH3 is 1. The van der Waals surface area contributed by atoms with E-state index in [2.05, 4.69) is 15.1 Å². The first-order valence-corrected chi connectivity index (χ1v) is 8.48. The third-order valence-corrected chi connectivity index (χ3v) is 4.53. The summed E-state index contributed by atoms with van der Waals surface area (Å²) in [4.78, 5) is 20.4. The summed E-state index contributed by atoms with van der Waals surface area (Å²) >= 11 is 1.49. The maximum atomic E-state index is 11.6. The molecular formula is C17H18N4O2S. The molecule has 0 saturated heterocycles. The van der Waals surface area contributed by atoms with E-state index in [0.29, 0.717) is 22.3 Å². The first kappa shape index (κ1) is 16.4. The van der Waals surface area contributed by atoms with Crippen LogP contribution in [0.15, 0.2) is 29.4 Å². The topological polar surface area (TPSA) is 69.4 Å². The number of hydrogen-bond acceptors (Lipinski definition) is 6. The lowest BCUT2D eigenvalue weighted by atomic mass is 10.1.